The van der Waals surface area contributed by atoms with Gasteiger partial charge < -0.3 is 14.2 Å². The molecule has 0 bridgehead atoms. The molecule has 162 valence electrons. The lowest BCUT2D eigenvalue weighted by molar-refractivity contribution is -0.114. The summed E-state index contributed by atoms with van der Waals surface area (Å²) in [6.45, 7) is 1.90. The third kappa shape index (κ3) is 4.15. The van der Waals surface area contributed by atoms with Crippen LogP contribution in [0.3, 0.4) is 0 Å². The summed E-state index contributed by atoms with van der Waals surface area (Å²) in [5.74, 6) is 0.354. The van der Waals surface area contributed by atoms with Crippen molar-refractivity contribution in [1.29, 1.82) is 5.41 Å². The summed E-state index contributed by atoms with van der Waals surface area (Å²) in [4.78, 5) is 31.5. The van der Waals surface area contributed by atoms with Gasteiger partial charge in [-0.15, -0.1) is 0 Å². The fraction of sp³-hybridized carbons (Fsp3) is 0.130. The molecule has 0 fully saturated rings. The van der Waals surface area contributed by atoms with E-state index in [1.165, 1.54) is 26.0 Å². The summed E-state index contributed by atoms with van der Waals surface area (Å²) in [5.41, 5.74) is 1.18. The maximum absolute atomic E-state index is 12.5. The molecule has 2 aromatic carbocycles. The van der Waals surface area contributed by atoms with Gasteiger partial charge in [-0.3, -0.25) is 15.1 Å². The van der Waals surface area contributed by atoms with Gasteiger partial charge in [0, 0.05) is 11.1 Å². The Morgan fingerprint density at radius 2 is 1.81 bits per heavy atom. The van der Waals surface area contributed by atoms with Crippen molar-refractivity contribution in [3.63, 3.8) is 0 Å². The standard InChI is InChI=1S/C23H19N3O5S/c1-13-12-26-20(24)17(21(27)25-23(26)32-13)10-14-4-7-16(8-5-14)31-22(28)15-6-9-18(29-2)19(11-15)30-3/h4-12,24H,1-3H3. The van der Waals surface area contributed by atoms with Crippen molar-refractivity contribution < 1.29 is 23.8 Å². The number of allylic oxidation sites excluding steroid dienone is 1. The molecule has 0 aliphatic carbocycles. The summed E-state index contributed by atoms with van der Waals surface area (Å²) in [5, 5.41) is 8.84. The fourth-order valence-electron chi connectivity index (χ4n) is 3.13. The minimum atomic E-state index is -0.545. The number of esters is 1. The van der Waals surface area contributed by atoms with Gasteiger partial charge in [-0.05, 0) is 48.9 Å². The zero-order chi connectivity index (χ0) is 22.8. The lowest BCUT2D eigenvalue weighted by Crippen LogP contribution is -2.35. The number of hydrogen-bond acceptors (Lipinski definition) is 7. The average molecular weight is 449 g/mol. The molecule has 1 amide bonds. The molecule has 1 N–H and O–H groups in total. The van der Waals surface area contributed by atoms with Crippen LogP contribution in [0, 0.1) is 5.41 Å². The van der Waals surface area contributed by atoms with Crippen LogP contribution in [-0.2, 0) is 4.79 Å². The number of methoxy groups -OCH3 is 2. The van der Waals surface area contributed by atoms with Gasteiger partial charge in [-0.2, -0.15) is 4.99 Å². The van der Waals surface area contributed by atoms with Crippen LogP contribution in [0.2, 0.25) is 0 Å². The molecule has 0 atom stereocenters. The number of benzene rings is 2. The van der Waals surface area contributed by atoms with E-state index in [4.69, 9.17) is 19.6 Å². The third-order valence-electron chi connectivity index (χ3n) is 4.71. The molecule has 2 aliphatic rings. The first kappa shape index (κ1) is 21.4. The van der Waals surface area contributed by atoms with Gasteiger partial charge in [-0.1, -0.05) is 23.9 Å². The van der Waals surface area contributed by atoms with Crippen molar-refractivity contribution in [2.45, 2.75) is 6.92 Å². The monoisotopic (exact) mass is 449 g/mol. The van der Waals surface area contributed by atoms with Crippen molar-refractivity contribution in [3.8, 4) is 17.2 Å². The normalized spacial score (nSPS) is 16.5. The number of thioether (sulfide) groups is 1. The van der Waals surface area contributed by atoms with Crippen LogP contribution in [0.4, 0.5) is 0 Å². The lowest BCUT2D eigenvalue weighted by atomic mass is 10.1. The third-order valence-corrected chi connectivity index (χ3v) is 5.61. The summed E-state index contributed by atoms with van der Waals surface area (Å²) in [6.07, 6.45) is 3.37. The highest BCUT2D eigenvalue weighted by atomic mass is 32.2. The Bertz CT molecular complexity index is 1210. The number of carbonyl (C=O) groups excluding carboxylic acids is 2. The highest BCUT2D eigenvalue weighted by Gasteiger charge is 2.32. The smallest absolute Gasteiger partial charge is 0.343 e. The Morgan fingerprint density at radius 1 is 1.09 bits per heavy atom. The van der Waals surface area contributed by atoms with E-state index in [2.05, 4.69) is 4.99 Å². The quantitative estimate of drug-likeness (QED) is 0.417. The molecule has 2 heterocycles. The first-order valence-corrected chi connectivity index (χ1v) is 10.3. The van der Waals surface area contributed by atoms with E-state index in [1.807, 2.05) is 6.92 Å². The van der Waals surface area contributed by atoms with Gasteiger partial charge in [0.15, 0.2) is 16.7 Å². The number of nitrogens with one attached hydrogen (secondary N) is 1. The molecule has 4 rings (SSSR count). The van der Waals surface area contributed by atoms with Crippen molar-refractivity contribution in [2.75, 3.05) is 14.2 Å². The van der Waals surface area contributed by atoms with Crippen LogP contribution in [0.5, 0.6) is 17.2 Å². The molecule has 32 heavy (non-hydrogen) atoms. The number of fused-ring (bicyclic) bond motifs is 1. The predicted octanol–water partition coefficient (Wildman–Crippen LogP) is 4.09. The molecule has 0 aromatic heterocycles. The van der Waals surface area contributed by atoms with E-state index in [0.717, 1.165) is 4.91 Å². The van der Waals surface area contributed by atoms with Crippen molar-refractivity contribution in [1.82, 2.24) is 4.90 Å². The van der Waals surface area contributed by atoms with Crippen LogP contribution in [0.25, 0.3) is 6.08 Å². The van der Waals surface area contributed by atoms with Gasteiger partial charge in [0.1, 0.15) is 11.6 Å². The number of amides is 1. The predicted molar refractivity (Wildman–Crippen MR) is 122 cm³/mol. The van der Waals surface area contributed by atoms with Crippen LogP contribution in [0.1, 0.15) is 22.8 Å². The minimum Gasteiger partial charge on any atom is -0.493 e. The van der Waals surface area contributed by atoms with Crippen LogP contribution < -0.4 is 14.2 Å². The van der Waals surface area contributed by atoms with Crippen LogP contribution in [-0.4, -0.2) is 42.0 Å². The van der Waals surface area contributed by atoms with Gasteiger partial charge in [0.25, 0.3) is 5.91 Å². The molecule has 2 aliphatic heterocycles. The topological polar surface area (TPSA) is 101 Å². The maximum Gasteiger partial charge on any atom is 0.343 e. The Morgan fingerprint density at radius 3 is 2.50 bits per heavy atom. The molecule has 0 radical (unpaired) electrons. The first-order valence-electron chi connectivity index (χ1n) is 9.53. The second-order valence-corrected chi connectivity index (χ2v) is 8.06. The zero-order valence-electron chi connectivity index (χ0n) is 17.5. The van der Waals surface area contributed by atoms with E-state index < -0.39 is 11.9 Å². The Labute approximate surface area is 188 Å². The second kappa shape index (κ2) is 8.72. The number of carbonyl (C=O) groups is 2. The molecule has 0 saturated carbocycles. The minimum absolute atomic E-state index is 0.0771. The maximum atomic E-state index is 12.5. The number of rotatable bonds is 5. The lowest BCUT2D eigenvalue weighted by Gasteiger charge is -2.22. The molecule has 9 heteroatoms. The van der Waals surface area contributed by atoms with E-state index in [-0.39, 0.29) is 11.4 Å². The van der Waals surface area contributed by atoms with Gasteiger partial charge >= 0.3 is 5.97 Å². The number of hydrogen-bond donors (Lipinski definition) is 1. The molecule has 2 aromatic rings. The average Bonchev–Trinajstić information content (AvgIpc) is 3.17. The van der Waals surface area contributed by atoms with E-state index in [0.29, 0.717) is 33.5 Å². The molecule has 8 nitrogen and oxygen atoms in total. The molecule has 0 saturated heterocycles. The highest BCUT2D eigenvalue weighted by molar-refractivity contribution is 8.17. The first-order chi connectivity index (χ1) is 15.4. The SMILES string of the molecule is COc1ccc(C(=O)Oc2ccc(C=C3C(=N)N4C=C(C)SC4=NC3=O)cc2)cc1OC. The van der Waals surface area contributed by atoms with Gasteiger partial charge in [-0.25, -0.2) is 4.79 Å². The van der Waals surface area contributed by atoms with Crippen molar-refractivity contribution in [2.24, 2.45) is 4.99 Å². The van der Waals surface area contributed by atoms with E-state index >= 15 is 0 Å². The number of aliphatic imine (C=N–C) groups is 1. The zero-order valence-corrected chi connectivity index (χ0v) is 18.4. The van der Waals surface area contributed by atoms with Crippen molar-refractivity contribution in [3.05, 3.63) is 70.3 Å². The van der Waals surface area contributed by atoms with Crippen LogP contribution in [0.15, 0.2) is 64.1 Å². The summed E-state index contributed by atoms with van der Waals surface area (Å²) >= 11 is 1.36. The molecule has 0 spiro atoms. The summed E-state index contributed by atoms with van der Waals surface area (Å²) in [6, 6.07) is 11.4. The molecular formula is C23H19N3O5S. The fourth-order valence-corrected chi connectivity index (χ4v) is 3.95. The van der Waals surface area contributed by atoms with E-state index in [9.17, 15) is 9.59 Å². The Hall–Kier alpha value is -3.85. The van der Waals surface area contributed by atoms with Gasteiger partial charge in [0.2, 0.25) is 0 Å². The Kier molecular flexibility index (Phi) is 5.83. The second-order valence-electron chi connectivity index (χ2n) is 6.85. The summed E-state index contributed by atoms with van der Waals surface area (Å²) < 4.78 is 15.8. The molecular weight excluding hydrogens is 430 g/mol. The van der Waals surface area contributed by atoms with Crippen molar-refractivity contribution >= 4 is 40.7 Å². The van der Waals surface area contributed by atoms with Gasteiger partial charge in [0.05, 0.1) is 25.4 Å². The number of amidine groups is 2. The number of ether oxygens (including phenoxy) is 3. The largest absolute Gasteiger partial charge is 0.493 e. The van der Waals surface area contributed by atoms with Crippen LogP contribution >= 0.6 is 11.8 Å². The van der Waals surface area contributed by atoms with E-state index in [1.54, 1.807) is 59.6 Å². The highest BCUT2D eigenvalue weighted by Crippen LogP contribution is 2.33. The number of nitrogens with zero attached hydrogens (tertiary/aromatic N) is 2. The Balaban J connectivity index is 1.50. The summed E-state index contributed by atoms with van der Waals surface area (Å²) in [7, 11) is 3.01. The molecule has 0 unspecified atom stereocenters.